The van der Waals surface area contributed by atoms with Crippen molar-refractivity contribution in [1.82, 2.24) is 14.3 Å². The summed E-state index contributed by atoms with van der Waals surface area (Å²) in [4.78, 5) is -0.930. The van der Waals surface area contributed by atoms with Crippen LogP contribution >= 0.6 is 0 Å². The Hall–Kier alpha value is -2.55. The molecule has 3 aromatic rings. The molecule has 1 aliphatic carbocycles. The van der Waals surface area contributed by atoms with E-state index >= 15 is 0 Å². The molecule has 9 heteroatoms. The van der Waals surface area contributed by atoms with Gasteiger partial charge in [-0.3, -0.25) is 0 Å². The molecule has 0 aliphatic heterocycles. The first-order valence-electron chi connectivity index (χ1n) is 9.84. The lowest BCUT2D eigenvalue weighted by molar-refractivity contribution is -0.139. The van der Waals surface area contributed by atoms with Crippen molar-refractivity contribution in [2.24, 2.45) is 0 Å². The maximum absolute atomic E-state index is 13.3. The van der Waals surface area contributed by atoms with Crippen molar-refractivity contribution in [3.63, 3.8) is 0 Å². The van der Waals surface area contributed by atoms with E-state index in [1.165, 1.54) is 30.8 Å². The zero-order valence-electron chi connectivity index (χ0n) is 16.4. The van der Waals surface area contributed by atoms with E-state index in [2.05, 4.69) is 5.10 Å². The quantitative estimate of drug-likeness (QED) is 0.554. The van der Waals surface area contributed by atoms with Crippen LogP contribution in [0.25, 0.3) is 5.82 Å². The van der Waals surface area contributed by atoms with E-state index in [1.54, 1.807) is 10.8 Å². The summed E-state index contributed by atoms with van der Waals surface area (Å²) in [7, 11) is -4.34. The number of hydrogen-bond acceptors (Lipinski definition) is 3. The number of hydrogen-bond donors (Lipinski definition) is 0. The molecule has 30 heavy (non-hydrogen) atoms. The van der Waals surface area contributed by atoms with Crippen LogP contribution < -0.4 is 0 Å². The largest absolute Gasteiger partial charge is 0.417 e. The van der Waals surface area contributed by atoms with Gasteiger partial charge in [0.2, 0.25) is 9.84 Å². The van der Waals surface area contributed by atoms with E-state index in [0.717, 1.165) is 43.5 Å². The molecule has 5 nitrogen and oxygen atoms in total. The summed E-state index contributed by atoms with van der Waals surface area (Å²) in [6, 6.07) is 7.66. The molecule has 1 aliphatic rings. The van der Waals surface area contributed by atoms with Crippen molar-refractivity contribution in [2.45, 2.75) is 61.0 Å². The molecule has 1 fully saturated rings. The lowest BCUT2D eigenvalue weighted by Crippen LogP contribution is -2.17. The van der Waals surface area contributed by atoms with Gasteiger partial charge in [0.25, 0.3) is 0 Å². The zero-order chi connectivity index (χ0) is 21.5. The van der Waals surface area contributed by atoms with Crippen LogP contribution in [0.5, 0.6) is 0 Å². The SMILES string of the molecule is Cc1cc(-n2ccc(S(=O)(=O)c3ccccc3C(F)(F)F)c2)n(C2CCCCC2)n1. The molecule has 0 N–H and O–H groups in total. The molecule has 4 rings (SSSR count). The first-order valence-corrected chi connectivity index (χ1v) is 11.3. The average molecular weight is 437 g/mol. The third-order valence-corrected chi connectivity index (χ3v) is 7.28. The molecular formula is C21H22F3N3O2S. The van der Waals surface area contributed by atoms with E-state index in [4.69, 9.17) is 0 Å². The van der Waals surface area contributed by atoms with Gasteiger partial charge in [-0.05, 0) is 38.0 Å². The predicted octanol–water partition coefficient (Wildman–Crippen LogP) is 5.34. The summed E-state index contributed by atoms with van der Waals surface area (Å²) >= 11 is 0. The Morgan fingerprint density at radius 2 is 1.77 bits per heavy atom. The number of rotatable bonds is 4. The van der Waals surface area contributed by atoms with Crippen molar-refractivity contribution in [3.8, 4) is 5.82 Å². The molecule has 1 saturated carbocycles. The van der Waals surface area contributed by atoms with Crippen LogP contribution in [0.15, 0.2) is 58.6 Å². The molecule has 2 aromatic heterocycles. The van der Waals surface area contributed by atoms with Crippen molar-refractivity contribution in [1.29, 1.82) is 0 Å². The summed E-state index contributed by atoms with van der Waals surface area (Å²) < 4.78 is 69.6. The highest BCUT2D eigenvalue weighted by molar-refractivity contribution is 7.91. The smallest absolute Gasteiger partial charge is 0.307 e. The average Bonchev–Trinajstić information content (AvgIpc) is 3.35. The van der Waals surface area contributed by atoms with Gasteiger partial charge in [0.1, 0.15) is 5.82 Å². The Bertz CT molecular complexity index is 1160. The number of halogens is 3. The Kier molecular flexibility index (Phi) is 5.25. The molecule has 0 radical (unpaired) electrons. The van der Waals surface area contributed by atoms with Crippen LogP contribution in [0.3, 0.4) is 0 Å². The predicted molar refractivity (Wildman–Crippen MR) is 105 cm³/mol. The van der Waals surface area contributed by atoms with Gasteiger partial charge in [0.15, 0.2) is 0 Å². The second-order valence-corrected chi connectivity index (χ2v) is 9.55. The number of alkyl halides is 3. The molecule has 0 amide bonds. The molecule has 0 atom stereocenters. The van der Waals surface area contributed by atoms with E-state index in [9.17, 15) is 21.6 Å². The highest BCUT2D eigenvalue weighted by atomic mass is 32.2. The maximum atomic E-state index is 13.3. The minimum absolute atomic E-state index is 0.187. The second kappa shape index (κ2) is 7.61. The third-order valence-electron chi connectivity index (χ3n) is 5.48. The topological polar surface area (TPSA) is 56.9 Å². The summed E-state index contributed by atoms with van der Waals surface area (Å²) in [5.41, 5.74) is -0.364. The Balaban J connectivity index is 1.74. The van der Waals surface area contributed by atoms with Crippen LogP contribution in [0.2, 0.25) is 0 Å². The minimum Gasteiger partial charge on any atom is -0.307 e. The minimum atomic E-state index is -4.76. The van der Waals surface area contributed by atoms with Gasteiger partial charge in [0, 0.05) is 18.5 Å². The fraction of sp³-hybridized carbons (Fsp3) is 0.381. The number of sulfone groups is 1. The molecule has 1 aromatic carbocycles. The van der Waals surface area contributed by atoms with Crippen LogP contribution in [0.4, 0.5) is 13.2 Å². The van der Waals surface area contributed by atoms with Crippen molar-refractivity contribution in [3.05, 3.63) is 60.0 Å². The monoisotopic (exact) mass is 437 g/mol. The van der Waals surface area contributed by atoms with Gasteiger partial charge in [-0.25, -0.2) is 13.1 Å². The molecule has 0 unspecified atom stereocenters. The Labute approximate surface area is 173 Å². The fourth-order valence-corrected chi connectivity index (χ4v) is 5.51. The number of aryl methyl sites for hydroxylation is 1. The Morgan fingerprint density at radius 1 is 1.07 bits per heavy atom. The molecule has 2 heterocycles. The summed E-state index contributed by atoms with van der Waals surface area (Å²) in [6.07, 6.45) is 3.57. The van der Waals surface area contributed by atoms with Crippen LogP contribution in [0.1, 0.15) is 49.4 Å². The lowest BCUT2D eigenvalue weighted by Gasteiger charge is -2.24. The second-order valence-electron chi connectivity index (χ2n) is 7.63. The molecule has 0 bridgehead atoms. The highest BCUT2D eigenvalue weighted by Gasteiger charge is 2.37. The van der Waals surface area contributed by atoms with Crippen molar-refractivity contribution in [2.75, 3.05) is 0 Å². The normalized spacial score (nSPS) is 16.1. The first-order chi connectivity index (χ1) is 14.2. The first kappa shape index (κ1) is 20.7. The highest BCUT2D eigenvalue weighted by Crippen LogP contribution is 2.37. The van der Waals surface area contributed by atoms with E-state index in [0.29, 0.717) is 5.82 Å². The van der Waals surface area contributed by atoms with Gasteiger partial charge < -0.3 is 4.57 Å². The molecule has 0 spiro atoms. The van der Waals surface area contributed by atoms with E-state index in [-0.39, 0.29) is 10.9 Å². The molecule has 160 valence electrons. The van der Waals surface area contributed by atoms with E-state index in [1.807, 2.05) is 17.7 Å². The maximum Gasteiger partial charge on any atom is 0.417 e. The van der Waals surface area contributed by atoms with Gasteiger partial charge in [-0.2, -0.15) is 18.3 Å². The van der Waals surface area contributed by atoms with Gasteiger partial charge in [0.05, 0.1) is 27.1 Å². The summed E-state index contributed by atoms with van der Waals surface area (Å²) in [6.45, 7) is 1.86. The van der Waals surface area contributed by atoms with Crippen LogP contribution in [-0.4, -0.2) is 22.8 Å². The lowest BCUT2D eigenvalue weighted by atomic mass is 9.96. The van der Waals surface area contributed by atoms with Crippen LogP contribution in [-0.2, 0) is 16.0 Å². The van der Waals surface area contributed by atoms with Crippen molar-refractivity contribution >= 4 is 9.84 Å². The summed E-state index contributed by atoms with van der Waals surface area (Å²) in [5, 5.41) is 4.58. The van der Waals surface area contributed by atoms with Crippen LogP contribution in [0, 0.1) is 6.92 Å². The third kappa shape index (κ3) is 3.78. The molecule has 0 saturated heterocycles. The van der Waals surface area contributed by atoms with E-state index < -0.39 is 26.5 Å². The van der Waals surface area contributed by atoms with Gasteiger partial charge in [-0.1, -0.05) is 31.4 Å². The standard InChI is InChI=1S/C21H22F3N3O2S/c1-15-13-20(27(25-15)16-7-3-2-4-8-16)26-12-11-17(14-26)30(28,29)19-10-6-5-9-18(19)21(22,23)24/h5-6,9-14,16H,2-4,7-8H2,1H3. The number of nitrogens with zero attached hydrogens (tertiary/aromatic N) is 3. The number of aromatic nitrogens is 3. The molecular weight excluding hydrogens is 415 g/mol. The van der Waals surface area contributed by atoms with Gasteiger partial charge >= 0.3 is 6.18 Å². The number of benzene rings is 1. The zero-order valence-corrected chi connectivity index (χ0v) is 17.2. The summed E-state index contributed by atoms with van der Waals surface area (Å²) in [5.74, 6) is 0.713. The van der Waals surface area contributed by atoms with Crippen molar-refractivity contribution < 1.29 is 21.6 Å². The Morgan fingerprint density at radius 3 is 2.47 bits per heavy atom. The van der Waals surface area contributed by atoms with Gasteiger partial charge in [-0.15, -0.1) is 0 Å². The fourth-order valence-electron chi connectivity index (χ4n) is 4.03.